The van der Waals surface area contributed by atoms with E-state index in [1.54, 1.807) is 0 Å². The summed E-state index contributed by atoms with van der Waals surface area (Å²) in [4.78, 5) is 37.5. The highest BCUT2D eigenvalue weighted by atomic mass is 35.5. The van der Waals surface area contributed by atoms with Crippen LogP contribution >= 0.6 is 38.6 Å². The molecule has 2 saturated carbocycles. The van der Waals surface area contributed by atoms with E-state index in [0.717, 1.165) is 62.8 Å². The van der Waals surface area contributed by atoms with Gasteiger partial charge < -0.3 is 19.7 Å². The number of carbonyl (C=O) groups excluding carboxylic acids is 3. The summed E-state index contributed by atoms with van der Waals surface area (Å²) in [7, 11) is 2.59. The fourth-order valence-electron chi connectivity index (χ4n) is 5.25. The van der Waals surface area contributed by atoms with E-state index in [9.17, 15) is 40.7 Å². The van der Waals surface area contributed by atoms with E-state index < -0.39 is 41.4 Å². The van der Waals surface area contributed by atoms with Crippen molar-refractivity contribution in [3.8, 4) is 0 Å². The number of hydrogen-bond donors (Lipinski definition) is 1. The molecule has 2 fully saturated rings. The van der Waals surface area contributed by atoms with E-state index in [1.165, 1.54) is 43.4 Å². The molecule has 0 saturated heterocycles. The van der Waals surface area contributed by atoms with Crippen molar-refractivity contribution in [1.82, 2.24) is 10.2 Å². The number of nitrogens with one attached hydrogen (secondary N) is 1. The molecule has 0 heterocycles. The van der Waals surface area contributed by atoms with Crippen LogP contribution in [0, 0.1) is 11.8 Å². The van der Waals surface area contributed by atoms with Gasteiger partial charge in [-0.1, -0.05) is 44.5 Å². The van der Waals surface area contributed by atoms with Crippen molar-refractivity contribution >= 4 is 56.4 Å². The second kappa shape index (κ2) is 20.9. The average Bonchev–Trinajstić information content (AvgIpc) is 2.97. The summed E-state index contributed by atoms with van der Waals surface area (Å²) in [6.07, 6.45) is -3.17. The van der Waals surface area contributed by atoms with E-state index in [4.69, 9.17) is 21.1 Å². The van der Waals surface area contributed by atoms with Crippen molar-refractivity contribution < 1.29 is 50.2 Å². The predicted octanol–water partition coefficient (Wildman–Crippen LogP) is 7.61. The average molecular weight is 763 g/mol. The fraction of sp³-hybridized carbons (Fsp3) is 0.545. The molecule has 49 heavy (non-hydrogen) atoms. The maximum atomic E-state index is 12.7. The molecule has 4 rings (SSSR count). The fourth-order valence-corrected chi connectivity index (χ4v) is 5.40. The molecule has 2 aliphatic rings. The molecular weight excluding hydrogens is 718 g/mol. The Balaban J connectivity index is 0.000000897. The maximum Gasteiger partial charge on any atom is 0.416 e. The highest BCUT2D eigenvalue weighted by molar-refractivity contribution is 7.59. The Hall–Kier alpha value is -2.62. The Morgan fingerprint density at radius 3 is 1.55 bits per heavy atom. The summed E-state index contributed by atoms with van der Waals surface area (Å²) in [5, 5.41) is 3.09. The number of rotatable bonds is 11. The van der Waals surface area contributed by atoms with Gasteiger partial charge in [-0.25, -0.2) is 4.79 Å². The van der Waals surface area contributed by atoms with Crippen LogP contribution in [-0.2, 0) is 49.3 Å². The van der Waals surface area contributed by atoms with Gasteiger partial charge in [0.05, 0.1) is 25.3 Å². The highest BCUT2D eigenvalue weighted by Gasteiger charge is 2.40. The van der Waals surface area contributed by atoms with Crippen LogP contribution in [0.15, 0.2) is 48.5 Å². The van der Waals surface area contributed by atoms with Gasteiger partial charge in [-0.15, -0.1) is 11.6 Å². The molecule has 0 aliphatic heterocycles. The maximum absolute atomic E-state index is 12.7. The molecule has 2 atom stereocenters. The van der Waals surface area contributed by atoms with Crippen LogP contribution in [0.1, 0.15) is 68.2 Å². The van der Waals surface area contributed by atoms with Crippen molar-refractivity contribution in [1.29, 1.82) is 0 Å². The minimum atomic E-state index is -4.43. The van der Waals surface area contributed by atoms with Gasteiger partial charge >= 0.3 is 24.3 Å². The summed E-state index contributed by atoms with van der Waals surface area (Å²) < 4.78 is 85.0. The standard InChI is InChI=1S/C17H19ClF3NO3.C15H18F3NO2.CH4.2H2S/c1-25-16(24)15(12-3-2-4-12)22(14(23)9-18)10-11-5-7-13(8-6-11)17(19,20)21;1-21-14(20)13(11-3-2-4-11)19-9-10-5-7-12(8-6-10)15(16,17)18;;;/h5-8,12,15H,2-4,9-10H2,1H3;5-8,11,13,19H,2-4,9H2,1H3;1H4;2*1H2/t15-;13-;;;/m00.../s1. The number of ether oxygens (including phenoxy) is 2. The number of methoxy groups -OCH3 is 2. The lowest BCUT2D eigenvalue weighted by molar-refractivity contribution is -0.156. The molecule has 2 aliphatic carbocycles. The Bertz CT molecular complexity index is 1310. The van der Waals surface area contributed by atoms with E-state index in [-0.39, 0.29) is 70.7 Å². The summed E-state index contributed by atoms with van der Waals surface area (Å²) in [5.74, 6) is -1.38. The summed E-state index contributed by atoms with van der Waals surface area (Å²) in [6, 6.07) is 8.29. The largest absolute Gasteiger partial charge is 0.468 e. The van der Waals surface area contributed by atoms with E-state index >= 15 is 0 Å². The Morgan fingerprint density at radius 2 is 1.20 bits per heavy atom. The molecule has 2 aromatic rings. The van der Waals surface area contributed by atoms with Gasteiger partial charge in [0.25, 0.3) is 0 Å². The molecule has 16 heteroatoms. The van der Waals surface area contributed by atoms with Gasteiger partial charge in [0.1, 0.15) is 18.0 Å². The molecule has 1 amide bonds. The van der Waals surface area contributed by atoms with Gasteiger partial charge in [0.2, 0.25) is 5.91 Å². The smallest absolute Gasteiger partial charge is 0.416 e. The number of hydrogen-bond acceptors (Lipinski definition) is 6. The zero-order valence-corrected chi connectivity index (χ0v) is 29.2. The van der Waals surface area contributed by atoms with Gasteiger partial charge in [-0.2, -0.15) is 53.3 Å². The number of nitrogens with zero attached hydrogens (tertiary/aromatic N) is 1. The second-order valence-corrected chi connectivity index (χ2v) is 11.5. The third-order valence-electron chi connectivity index (χ3n) is 8.33. The third kappa shape index (κ3) is 13.2. The van der Waals surface area contributed by atoms with E-state index in [0.29, 0.717) is 17.7 Å². The van der Waals surface area contributed by atoms with Crippen molar-refractivity contribution in [2.24, 2.45) is 11.8 Å². The molecule has 7 nitrogen and oxygen atoms in total. The lowest BCUT2D eigenvalue weighted by Gasteiger charge is -2.39. The molecule has 0 bridgehead atoms. The van der Waals surface area contributed by atoms with Crippen LogP contribution < -0.4 is 5.32 Å². The van der Waals surface area contributed by atoms with Crippen LogP contribution in [0.5, 0.6) is 0 Å². The number of esters is 2. The molecule has 0 unspecified atom stereocenters. The SMILES string of the molecule is C.COC(=O)[C@@H](NCc1ccc(C(F)(F)F)cc1)C1CCC1.COC(=O)[C@H](C1CCC1)N(Cc1ccc(C(F)(F)F)cc1)C(=O)CCl.S.S. The van der Waals surface area contributed by atoms with Gasteiger partial charge in [-0.3, -0.25) is 9.59 Å². The summed E-state index contributed by atoms with van der Waals surface area (Å²) in [5.41, 5.74) is -0.249. The second-order valence-electron chi connectivity index (χ2n) is 11.3. The lowest BCUT2D eigenvalue weighted by atomic mass is 9.79. The third-order valence-corrected chi connectivity index (χ3v) is 8.56. The number of carbonyl (C=O) groups is 3. The minimum absolute atomic E-state index is 0. The quantitative estimate of drug-likeness (QED) is 0.144. The Morgan fingerprint density at radius 1 is 0.776 bits per heavy atom. The van der Waals surface area contributed by atoms with Crippen molar-refractivity contribution in [2.45, 2.75) is 83.5 Å². The van der Waals surface area contributed by atoms with Crippen LogP contribution in [0.2, 0.25) is 0 Å². The number of halogens is 7. The van der Waals surface area contributed by atoms with E-state index in [1.807, 2.05) is 0 Å². The summed E-state index contributed by atoms with van der Waals surface area (Å²) in [6.45, 7) is 0.342. The van der Waals surface area contributed by atoms with Crippen LogP contribution in [-0.4, -0.2) is 54.9 Å². The van der Waals surface area contributed by atoms with Gasteiger partial charge in [-0.05, 0) is 72.9 Å². The van der Waals surface area contributed by atoms with Crippen LogP contribution in [0.25, 0.3) is 0 Å². The van der Waals surface area contributed by atoms with Crippen LogP contribution in [0.4, 0.5) is 26.3 Å². The number of amides is 1. The molecule has 1 N–H and O–H groups in total. The highest BCUT2D eigenvalue weighted by Crippen LogP contribution is 2.35. The van der Waals surface area contributed by atoms with Crippen molar-refractivity contribution in [3.05, 3.63) is 70.8 Å². The first-order chi connectivity index (χ1) is 21.7. The number of alkyl halides is 7. The minimum Gasteiger partial charge on any atom is -0.468 e. The van der Waals surface area contributed by atoms with Crippen LogP contribution in [0.3, 0.4) is 0 Å². The van der Waals surface area contributed by atoms with Crippen molar-refractivity contribution in [2.75, 3.05) is 20.1 Å². The molecule has 0 spiro atoms. The monoisotopic (exact) mass is 762 g/mol. The first-order valence-electron chi connectivity index (χ1n) is 14.8. The summed E-state index contributed by atoms with van der Waals surface area (Å²) >= 11 is 5.66. The first-order valence-corrected chi connectivity index (χ1v) is 15.3. The topological polar surface area (TPSA) is 84.9 Å². The molecular formula is C33H45ClF6N2O5S2. The lowest BCUT2D eigenvalue weighted by Crippen LogP contribution is -2.51. The van der Waals surface area contributed by atoms with Crippen molar-refractivity contribution in [3.63, 3.8) is 0 Å². The Labute approximate surface area is 302 Å². The Kier molecular flexibility index (Phi) is 19.8. The normalized spacial score (nSPS) is 15.5. The van der Waals surface area contributed by atoms with Gasteiger partial charge in [0.15, 0.2) is 0 Å². The van der Waals surface area contributed by atoms with Gasteiger partial charge in [0, 0.05) is 13.1 Å². The zero-order valence-electron chi connectivity index (χ0n) is 26.4. The zero-order chi connectivity index (χ0) is 34.1. The molecule has 2 aromatic carbocycles. The predicted molar refractivity (Wildman–Crippen MR) is 185 cm³/mol. The molecule has 0 radical (unpaired) electrons. The first kappa shape index (κ1) is 46.4. The molecule has 0 aromatic heterocycles. The van der Waals surface area contributed by atoms with E-state index in [2.05, 4.69) is 5.32 Å². The molecule has 278 valence electrons. The number of benzene rings is 2.